The van der Waals surface area contributed by atoms with Gasteiger partial charge in [-0.1, -0.05) is 251 Å². The second kappa shape index (κ2) is 54.5. The summed E-state index contributed by atoms with van der Waals surface area (Å²) in [7, 11) is 0. The maximum absolute atomic E-state index is 12.8. The van der Waals surface area contributed by atoms with E-state index in [0.717, 1.165) is 64.2 Å². The SMILES string of the molecule is CCCCCC/C=C\CCCCCCCC(=O)OC(COC(=O)CCCCCCCCCCC/C=C\CCCCCCCCCC)COC(=O)CCCCCCCCCCCCCCC. The van der Waals surface area contributed by atoms with Crippen LogP contribution in [0.1, 0.15) is 316 Å². The maximum Gasteiger partial charge on any atom is 0.306 e. The van der Waals surface area contributed by atoms with Gasteiger partial charge in [-0.2, -0.15) is 0 Å². The number of hydrogen-bond acceptors (Lipinski definition) is 6. The fourth-order valence-electron chi connectivity index (χ4n) is 8.55. The topological polar surface area (TPSA) is 78.9 Å². The van der Waals surface area contributed by atoms with Gasteiger partial charge in [0.25, 0.3) is 0 Å². The van der Waals surface area contributed by atoms with Crippen LogP contribution in [0.3, 0.4) is 0 Å². The standard InChI is InChI=1S/C59H110O6/c1-4-7-10-13-16-19-22-25-26-27-28-29-30-31-32-35-37-40-43-46-49-52-58(61)64-55-56(65-59(62)53-50-47-44-41-38-34-24-21-18-15-12-9-6-3)54-63-57(60)51-48-45-42-39-36-33-23-20-17-14-11-8-5-2/h21,24,27-28,56H,4-20,22-23,25-26,29-55H2,1-3H3/b24-21-,28-27-. The van der Waals surface area contributed by atoms with Crippen molar-refractivity contribution in [3.63, 3.8) is 0 Å². The summed E-state index contributed by atoms with van der Waals surface area (Å²) < 4.78 is 16.9. The minimum Gasteiger partial charge on any atom is -0.462 e. The molecule has 0 N–H and O–H groups in total. The highest BCUT2D eigenvalue weighted by Gasteiger charge is 2.19. The zero-order chi connectivity index (χ0) is 47.2. The van der Waals surface area contributed by atoms with Crippen molar-refractivity contribution < 1.29 is 28.6 Å². The van der Waals surface area contributed by atoms with Gasteiger partial charge in [-0.05, 0) is 70.6 Å². The second-order valence-corrected chi connectivity index (χ2v) is 19.6. The number of esters is 3. The van der Waals surface area contributed by atoms with Crippen LogP contribution in [-0.4, -0.2) is 37.2 Å². The van der Waals surface area contributed by atoms with Gasteiger partial charge in [0.15, 0.2) is 6.10 Å². The number of allylic oxidation sites excluding steroid dienone is 4. The summed E-state index contributed by atoms with van der Waals surface area (Å²) in [6.45, 7) is 6.66. The van der Waals surface area contributed by atoms with Gasteiger partial charge in [-0.25, -0.2) is 0 Å². The van der Waals surface area contributed by atoms with Crippen molar-refractivity contribution in [3.05, 3.63) is 24.3 Å². The van der Waals surface area contributed by atoms with Gasteiger partial charge in [0.2, 0.25) is 0 Å². The third kappa shape index (κ3) is 52.7. The van der Waals surface area contributed by atoms with Crippen molar-refractivity contribution in [2.75, 3.05) is 13.2 Å². The number of hydrogen-bond donors (Lipinski definition) is 0. The first-order chi connectivity index (χ1) is 32.0. The number of carbonyl (C=O) groups excluding carboxylic acids is 3. The van der Waals surface area contributed by atoms with Crippen molar-refractivity contribution >= 4 is 17.9 Å². The Morgan fingerprint density at radius 2 is 0.508 bits per heavy atom. The van der Waals surface area contributed by atoms with Crippen molar-refractivity contribution in [2.45, 2.75) is 322 Å². The van der Waals surface area contributed by atoms with Gasteiger partial charge < -0.3 is 14.2 Å². The molecule has 0 bridgehead atoms. The molecular weight excluding hydrogens is 805 g/mol. The van der Waals surface area contributed by atoms with Gasteiger partial charge in [0, 0.05) is 19.3 Å². The molecule has 0 amide bonds. The third-order valence-electron chi connectivity index (χ3n) is 12.9. The lowest BCUT2D eigenvalue weighted by Crippen LogP contribution is -2.30. The van der Waals surface area contributed by atoms with Crippen LogP contribution in [0.4, 0.5) is 0 Å². The van der Waals surface area contributed by atoms with E-state index in [9.17, 15) is 14.4 Å². The summed E-state index contributed by atoms with van der Waals surface area (Å²) in [4.78, 5) is 38.1. The molecule has 1 atom stereocenters. The van der Waals surface area contributed by atoms with Gasteiger partial charge in [0.05, 0.1) is 0 Å². The van der Waals surface area contributed by atoms with Crippen molar-refractivity contribution in [1.82, 2.24) is 0 Å². The highest BCUT2D eigenvalue weighted by molar-refractivity contribution is 5.71. The monoisotopic (exact) mass is 915 g/mol. The smallest absolute Gasteiger partial charge is 0.306 e. The Kier molecular flexibility index (Phi) is 52.7. The first kappa shape index (κ1) is 62.9. The lowest BCUT2D eigenvalue weighted by molar-refractivity contribution is -0.167. The second-order valence-electron chi connectivity index (χ2n) is 19.6. The number of rotatable bonds is 53. The molecule has 1 unspecified atom stereocenters. The molecule has 0 radical (unpaired) electrons. The number of unbranched alkanes of at least 4 members (excludes halogenated alkanes) is 38. The minimum absolute atomic E-state index is 0.0710. The average Bonchev–Trinajstić information content (AvgIpc) is 3.30. The zero-order valence-electron chi connectivity index (χ0n) is 43.8. The summed E-state index contributed by atoms with van der Waals surface area (Å²) in [6.07, 6.45) is 63.1. The molecule has 0 aromatic rings. The predicted molar refractivity (Wildman–Crippen MR) is 279 cm³/mol. The van der Waals surface area contributed by atoms with E-state index in [1.807, 2.05) is 0 Å². The molecule has 65 heavy (non-hydrogen) atoms. The molecule has 0 aliphatic carbocycles. The fraction of sp³-hybridized carbons (Fsp3) is 0.881. The fourth-order valence-corrected chi connectivity index (χ4v) is 8.55. The molecule has 0 saturated carbocycles. The Bertz CT molecular complexity index is 1050. The molecular formula is C59H110O6. The summed E-state index contributed by atoms with van der Waals surface area (Å²) in [6, 6.07) is 0. The van der Waals surface area contributed by atoms with E-state index in [2.05, 4.69) is 45.1 Å². The molecule has 382 valence electrons. The molecule has 0 heterocycles. The quantitative estimate of drug-likeness (QED) is 0.0262. The van der Waals surface area contributed by atoms with E-state index in [-0.39, 0.29) is 31.1 Å². The molecule has 0 spiro atoms. The molecule has 0 fully saturated rings. The average molecular weight is 916 g/mol. The first-order valence-electron chi connectivity index (χ1n) is 28.8. The minimum atomic E-state index is -0.772. The Balaban J connectivity index is 4.27. The summed E-state index contributed by atoms with van der Waals surface area (Å²) in [5.74, 6) is -0.864. The van der Waals surface area contributed by atoms with Crippen molar-refractivity contribution in [1.29, 1.82) is 0 Å². The Hall–Kier alpha value is -2.11. The summed E-state index contributed by atoms with van der Waals surface area (Å²) >= 11 is 0. The molecule has 0 aliphatic rings. The van der Waals surface area contributed by atoms with Crippen LogP contribution in [0, 0.1) is 0 Å². The molecule has 0 saturated heterocycles. The molecule has 6 heteroatoms. The van der Waals surface area contributed by atoms with Crippen LogP contribution in [0.15, 0.2) is 24.3 Å². The van der Waals surface area contributed by atoms with Crippen LogP contribution in [0.5, 0.6) is 0 Å². The number of carbonyl (C=O) groups is 3. The van der Waals surface area contributed by atoms with Gasteiger partial charge >= 0.3 is 17.9 Å². The van der Waals surface area contributed by atoms with Gasteiger partial charge in [0.1, 0.15) is 13.2 Å². The van der Waals surface area contributed by atoms with E-state index >= 15 is 0 Å². The lowest BCUT2D eigenvalue weighted by atomic mass is 10.0. The normalized spacial score (nSPS) is 12.1. The highest BCUT2D eigenvalue weighted by Crippen LogP contribution is 2.16. The highest BCUT2D eigenvalue weighted by atomic mass is 16.6. The van der Waals surface area contributed by atoms with Crippen LogP contribution in [0.25, 0.3) is 0 Å². The van der Waals surface area contributed by atoms with E-state index in [4.69, 9.17) is 14.2 Å². The Morgan fingerprint density at radius 3 is 0.785 bits per heavy atom. The Labute approximate surface area is 404 Å². The van der Waals surface area contributed by atoms with Crippen LogP contribution >= 0.6 is 0 Å². The zero-order valence-corrected chi connectivity index (χ0v) is 43.8. The van der Waals surface area contributed by atoms with Crippen LogP contribution in [-0.2, 0) is 28.6 Å². The molecule has 0 aliphatic heterocycles. The van der Waals surface area contributed by atoms with Crippen molar-refractivity contribution in [2.24, 2.45) is 0 Å². The first-order valence-corrected chi connectivity index (χ1v) is 28.8. The van der Waals surface area contributed by atoms with Crippen molar-refractivity contribution in [3.8, 4) is 0 Å². The Morgan fingerprint density at radius 1 is 0.292 bits per heavy atom. The summed E-state index contributed by atoms with van der Waals surface area (Å²) in [5.41, 5.74) is 0. The van der Waals surface area contributed by atoms with Crippen LogP contribution < -0.4 is 0 Å². The number of ether oxygens (including phenoxy) is 3. The molecule has 0 aromatic carbocycles. The third-order valence-corrected chi connectivity index (χ3v) is 12.9. The van der Waals surface area contributed by atoms with E-state index in [1.165, 1.54) is 212 Å². The van der Waals surface area contributed by atoms with Crippen LogP contribution in [0.2, 0.25) is 0 Å². The summed E-state index contributed by atoms with van der Waals surface area (Å²) in [5, 5.41) is 0. The maximum atomic E-state index is 12.8. The van der Waals surface area contributed by atoms with Gasteiger partial charge in [-0.15, -0.1) is 0 Å². The van der Waals surface area contributed by atoms with E-state index in [1.54, 1.807) is 0 Å². The largest absolute Gasteiger partial charge is 0.462 e. The molecule has 0 rings (SSSR count). The lowest BCUT2D eigenvalue weighted by Gasteiger charge is -2.18. The molecule has 6 nitrogen and oxygen atoms in total. The van der Waals surface area contributed by atoms with E-state index in [0.29, 0.717) is 19.3 Å². The molecule has 0 aromatic heterocycles. The van der Waals surface area contributed by atoms with Gasteiger partial charge in [-0.3, -0.25) is 14.4 Å². The van der Waals surface area contributed by atoms with E-state index < -0.39 is 6.10 Å². The predicted octanol–water partition coefficient (Wildman–Crippen LogP) is 19.1.